The van der Waals surface area contributed by atoms with Crippen LogP contribution in [0.3, 0.4) is 0 Å². The second kappa shape index (κ2) is 6.12. The number of hydrogen-bond acceptors (Lipinski definition) is 4. The van der Waals surface area contributed by atoms with E-state index in [1.807, 2.05) is 0 Å². The van der Waals surface area contributed by atoms with E-state index in [9.17, 15) is 10.4 Å². The molecule has 5 heteroatoms. The van der Waals surface area contributed by atoms with Crippen molar-refractivity contribution in [2.24, 2.45) is 10.9 Å². The van der Waals surface area contributed by atoms with Gasteiger partial charge < -0.3 is 5.11 Å². The molecule has 0 fully saturated rings. The number of aromatic hydroxyl groups is 1. The molecule has 1 aromatic heterocycles. The van der Waals surface area contributed by atoms with E-state index in [0.717, 1.165) is 29.8 Å². The summed E-state index contributed by atoms with van der Waals surface area (Å²) in [4.78, 5) is 5.71. The molecule has 0 spiro atoms. The molecule has 1 N–H and O–H groups in total. The van der Waals surface area contributed by atoms with Gasteiger partial charge in [-0.25, -0.2) is 4.99 Å². The molecule has 22 heavy (non-hydrogen) atoms. The Labute approximate surface area is 138 Å². The minimum absolute atomic E-state index is 0.126. The Hall–Kier alpha value is -1.83. The Morgan fingerprint density at radius 3 is 3.09 bits per heavy atom. The summed E-state index contributed by atoms with van der Waals surface area (Å²) in [7, 11) is 0. The van der Waals surface area contributed by atoms with Crippen LogP contribution in [0.5, 0.6) is 5.75 Å². The topological polar surface area (TPSA) is 56.4 Å². The number of nitrogens with zero attached hydrogens (tertiary/aromatic N) is 2. The van der Waals surface area contributed by atoms with Crippen molar-refractivity contribution in [3.8, 4) is 11.8 Å². The van der Waals surface area contributed by atoms with Crippen molar-refractivity contribution < 1.29 is 5.11 Å². The average Bonchev–Trinajstić information content (AvgIpc) is 2.84. The Morgan fingerprint density at radius 2 is 2.32 bits per heavy atom. The number of hydrogen-bond donors (Lipinski definition) is 1. The van der Waals surface area contributed by atoms with E-state index in [1.54, 1.807) is 29.7 Å². The van der Waals surface area contributed by atoms with Gasteiger partial charge in [0.1, 0.15) is 16.8 Å². The fourth-order valence-corrected chi connectivity index (χ4v) is 4.18. The van der Waals surface area contributed by atoms with Crippen LogP contribution in [-0.4, -0.2) is 11.3 Å². The first kappa shape index (κ1) is 15.1. The van der Waals surface area contributed by atoms with Gasteiger partial charge in [0, 0.05) is 21.7 Å². The predicted molar refractivity (Wildman–Crippen MR) is 90.6 cm³/mol. The summed E-state index contributed by atoms with van der Waals surface area (Å²) in [5.41, 5.74) is 2.40. The zero-order chi connectivity index (χ0) is 15.7. The SMILES string of the molecule is CC1CCc2c(sc(/N=C/c3cc(Cl)ccc3O)c2C#N)C1. The monoisotopic (exact) mass is 330 g/mol. The van der Waals surface area contributed by atoms with Crippen molar-refractivity contribution in [1.82, 2.24) is 0 Å². The van der Waals surface area contributed by atoms with Gasteiger partial charge in [-0.15, -0.1) is 11.3 Å². The lowest BCUT2D eigenvalue weighted by Gasteiger charge is -2.17. The van der Waals surface area contributed by atoms with Crippen LogP contribution in [0.1, 0.15) is 34.9 Å². The quantitative estimate of drug-likeness (QED) is 0.800. The molecular weight excluding hydrogens is 316 g/mol. The standard InChI is InChI=1S/C17H15ClN2OS/c1-10-2-4-13-14(8-19)17(22-16(13)6-10)20-9-11-7-12(18)3-5-15(11)21/h3,5,7,9-10,21H,2,4,6H2,1H3/b20-9+. The highest BCUT2D eigenvalue weighted by Gasteiger charge is 2.23. The van der Waals surface area contributed by atoms with Crippen molar-refractivity contribution in [2.75, 3.05) is 0 Å². The average molecular weight is 331 g/mol. The number of fused-ring (bicyclic) bond motifs is 1. The molecule has 1 atom stereocenters. The third-order valence-electron chi connectivity index (χ3n) is 3.92. The van der Waals surface area contributed by atoms with E-state index in [-0.39, 0.29) is 5.75 Å². The third-order valence-corrected chi connectivity index (χ3v) is 5.31. The molecule has 112 valence electrons. The number of nitriles is 1. The number of phenolic OH excluding ortho intramolecular Hbond substituents is 1. The summed E-state index contributed by atoms with van der Waals surface area (Å²) >= 11 is 7.52. The van der Waals surface area contributed by atoms with Gasteiger partial charge in [0.25, 0.3) is 0 Å². The maximum absolute atomic E-state index is 9.82. The van der Waals surface area contributed by atoms with Gasteiger partial charge >= 0.3 is 0 Å². The molecule has 0 bridgehead atoms. The Bertz CT molecular complexity index is 789. The van der Waals surface area contributed by atoms with E-state index < -0.39 is 0 Å². The maximum Gasteiger partial charge on any atom is 0.134 e. The lowest BCUT2D eigenvalue weighted by atomic mass is 9.89. The van der Waals surface area contributed by atoms with Gasteiger partial charge in [-0.3, -0.25) is 0 Å². The Kier molecular flexibility index (Phi) is 4.19. The van der Waals surface area contributed by atoms with Crippen LogP contribution >= 0.6 is 22.9 Å². The first-order valence-electron chi connectivity index (χ1n) is 7.15. The van der Waals surface area contributed by atoms with Crippen LogP contribution in [-0.2, 0) is 12.8 Å². The second-order valence-corrected chi connectivity index (χ2v) is 7.13. The largest absolute Gasteiger partial charge is 0.507 e. The molecule has 0 saturated carbocycles. The summed E-state index contributed by atoms with van der Waals surface area (Å²) in [5.74, 6) is 0.785. The highest BCUT2D eigenvalue weighted by Crippen LogP contribution is 2.40. The van der Waals surface area contributed by atoms with Crippen LogP contribution in [0.15, 0.2) is 23.2 Å². The number of rotatable bonds is 2. The van der Waals surface area contributed by atoms with Crippen LogP contribution in [0.4, 0.5) is 5.00 Å². The highest BCUT2D eigenvalue weighted by atomic mass is 35.5. The first-order chi connectivity index (χ1) is 10.6. The van der Waals surface area contributed by atoms with Crippen molar-refractivity contribution in [1.29, 1.82) is 5.26 Å². The van der Waals surface area contributed by atoms with E-state index >= 15 is 0 Å². The van der Waals surface area contributed by atoms with Gasteiger partial charge in [0.15, 0.2) is 0 Å². The molecule has 1 aromatic carbocycles. The van der Waals surface area contributed by atoms with Crippen molar-refractivity contribution in [3.05, 3.63) is 44.8 Å². The van der Waals surface area contributed by atoms with E-state index in [0.29, 0.717) is 22.1 Å². The summed E-state index contributed by atoms with van der Waals surface area (Å²) in [6.45, 7) is 2.24. The zero-order valence-corrected chi connectivity index (χ0v) is 13.7. The number of halogens is 1. The Morgan fingerprint density at radius 1 is 1.50 bits per heavy atom. The van der Waals surface area contributed by atoms with Crippen LogP contribution in [0.25, 0.3) is 0 Å². The fraction of sp³-hybridized carbons (Fsp3) is 0.294. The third kappa shape index (κ3) is 2.87. The van der Waals surface area contributed by atoms with Gasteiger partial charge in [-0.2, -0.15) is 5.26 Å². The molecule has 1 aliphatic rings. The van der Waals surface area contributed by atoms with E-state index in [1.165, 1.54) is 10.9 Å². The number of benzene rings is 1. The highest BCUT2D eigenvalue weighted by molar-refractivity contribution is 7.16. The molecule has 3 nitrogen and oxygen atoms in total. The summed E-state index contributed by atoms with van der Waals surface area (Å²) in [6, 6.07) is 7.11. The number of aliphatic imine (C=N–C) groups is 1. The molecule has 0 amide bonds. The molecule has 3 rings (SSSR count). The van der Waals surface area contributed by atoms with Gasteiger partial charge in [0.2, 0.25) is 0 Å². The van der Waals surface area contributed by atoms with Crippen LogP contribution in [0.2, 0.25) is 5.02 Å². The lowest BCUT2D eigenvalue weighted by molar-refractivity contribution is 0.474. The fourth-order valence-electron chi connectivity index (χ4n) is 2.70. The van der Waals surface area contributed by atoms with Crippen molar-refractivity contribution in [2.45, 2.75) is 26.2 Å². The minimum atomic E-state index is 0.126. The molecule has 1 heterocycles. The molecule has 0 saturated heterocycles. The maximum atomic E-state index is 9.82. The number of phenols is 1. The van der Waals surface area contributed by atoms with Crippen LogP contribution in [0, 0.1) is 17.2 Å². The second-order valence-electron chi connectivity index (χ2n) is 5.61. The molecule has 1 unspecified atom stereocenters. The van der Waals surface area contributed by atoms with Crippen LogP contribution < -0.4 is 0 Å². The summed E-state index contributed by atoms with van der Waals surface area (Å²) in [5, 5.41) is 20.5. The first-order valence-corrected chi connectivity index (χ1v) is 8.35. The van der Waals surface area contributed by atoms with Gasteiger partial charge in [-0.1, -0.05) is 18.5 Å². The summed E-state index contributed by atoms with van der Waals surface area (Å²) in [6.07, 6.45) is 4.67. The smallest absolute Gasteiger partial charge is 0.134 e. The lowest BCUT2D eigenvalue weighted by Crippen LogP contribution is -2.09. The predicted octanol–water partition coefficient (Wildman–Crippen LogP) is 4.85. The number of thiophene rings is 1. The van der Waals surface area contributed by atoms with Crippen molar-refractivity contribution in [3.63, 3.8) is 0 Å². The Balaban J connectivity index is 1.97. The summed E-state index contributed by atoms with van der Waals surface area (Å²) < 4.78 is 0. The molecular formula is C17H15ClN2OS. The normalized spacial score (nSPS) is 17.4. The van der Waals surface area contributed by atoms with E-state index in [4.69, 9.17) is 11.6 Å². The molecule has 0 radical (unpaired) electrons. The minimum Gasteiger partial charge on any atom is -0.507 e. The molecule has 2 aromatic rings. The van der Waals surface area contributed by atoms with Gasteiger partial charge in [0.05, 0.1) is 5.56 Å². The molecule has 1 aliphatic carbocycles. The van der Waals surface area contributed by atoms with E-state index in [2.05, 4.69) is 18.0 Å². The zero-order valence-electron chi connectivity index (χ0n) is 12.1. The van der Waals surface area contributed by atoms with Gasteiger partial charge in [-0.05, 0) is 48.9 Å². The van der Waals surface area contributed by atoms with Crippen molar-refractivity contribution >= 4 is 34.2 Å². The molecule has 0 aliphatic heterocycles.